The maximum Gasteiger partial charge on any atom is 0.233 e. The summed E-state index contributed by atoms with van der Waals surface area (Å²) in [6.07, 6.45) is 10.0. The number of nitrogens with zero attached hydrogens (tertiary/aromatic N) is 3. The van der Waals surface area contributed by atoms with Crippen molar-refractivity contribution in [3.63, 3.8) is 0 Å². The van der Waals surface area contributed by atoms with E-state index in [0.29, 0.717) is 11.9 Å². The van der Waals surface area contributed by atoms with E-state index >= 15 is 0 Å². The largest absolute Gasteiger partial charge is 0.311 e. The molecule has 7 nitrogen and oxygen atoms in total. The van der Waals surface area contributed by atoms with Gasteiger partial charge in [0.25, 0.3) is 0 Å². The SMILES string of the molecule is O=C(CCN1C(=O)[C@@H]2CCCC[C@H]2C1=O)Nc1ccnn1C1CCCC1. The molecule has 3 amide bonds. The molecular weight excluding hydrogens is 332 g/mol. The average Bonchev–Trinajstić information content (AvgIpc) is 3.36. The molecule has 0 spiro atoms. The van der Waals surface area contributed by atoms with Gasteiger partial charge in [0, 0.05) is 19.0 Å². The van der Waals surface area contributed by atoms with Gasteiger partial charge in [0.05, 0.1) is 24.1 Å². The van der Waals surface area contributed by atoms with E-state index in [1.165, 1.54) is 17.7 Å². The monoisotopic (exact) mass is 358 g/mol. The summed E-state index contributed by atoms with van der Waals surface area (Å²) in [6, 6.07) is 2.15. The molecule has 2 atom stereocenters. The number of anilines is 1. The van der Waals surface area contributed by atoms with Gasteiger partial charge in [-0.05, 0) is 25.7 Å². The minimum absolute atomic E-state index is 0.0801. The van der Waals surface area contributed by atoms with Crippen molar-refractivity contribution in [2.45, 2.75) is 63.8 Å². The lowest BCUT2D eigenvalue weighted by Gasteiger charge is -2.19. The van der Waals surface area contributed by atoms with E-state index in [-0.39, 0.29) is 42.5 Å². The van der Waals surface area contributed by atoms with Crippen molar-refractivity contribution in [1.29, 1.82) is 0 Å². The molecule has 4 rings (SSSR count). The van der Waals surface area contributed by atoms with Gasteiger partial charge in [-0.1, -0.05) is 25.7 Å². The highest BCUT2D eigenvalue weighted by Crippen LogP contribution is 2.38. The Morgan fingerprint density at radius 2 is 1.65 bits per heavy atom. The Hall–Kier alpha value is -2.18. The summed E-state index contributed by atoms with van der Waals surface area (Å²) in [5.74, 6) is 0.0630. The first kappa shape index (κ1) is 17.2. The normalized spacial score (nSPS) is 26.4. The first-order valence-electron chi connectivity index (χ1n) is 9.84. The molecule has 1 N–H and O–H groups in total. The van der Waals surface area contributed by atoms with Crippen LogP contribution in [0.15, 0.2) is 12.3 Å². The van der Waals surface area contributed by atoms with Gasteiger partial charge in [-0.2, -0.15) is 5.10 Å². The van der Waals surface area contributed by atoms with Gasteiger partial charge in [-0.3, -0.25) is 19.3 Å². The Kier molecular flexibility index (Phi) is 4.78. The van der Waals surface area contributed by atoms with Crippen LogP contribution in [-0.2, 0) is 14.4 Å². The predicted molar refractivity (Wildman–Crippen MR) is 95.1 cm³/mol. The molecular formula is C19H26N4O3. The van der Waals surface area contributed by atoms with Crippen molar-refractivity contribution in [1.82, 2.24) is 14.7 Å². The van der Waals surface area contributed by atoms with Crippen LogP contribution in [-0.4, -0.2) is 38.9 Å². The second-order valence-corrected chi connectivity index (χ2v) is 7.72. The molecule has 1 aliphatic heterocycles. The molecule has 1 aromatic rings. The lowest BCUT2D eigenvalue weighted by Crippen LogP contribution is -2.34. The molecule has 0 aromatic carbocycles. The van der Waals surface area contributed by atoms with Crippen LogP contribution >= 0.6 is 0 Å². The maximum atomic E-state index is 12.5. The molecule has 2 saturated carbocycles. The van der Waals surface area contributed by atoms with Crippen LogP contribution in [0.2, 0.25) is 0 Å². The maximum absolute atomic E-state index is 12.5. The molecule has 26 heavy (non-hydrogen) atoms. The van der Waals surface area contributed by atoms with E-state index in [2.05, 4.69) is 10.4 Å². The van der Waals surface area contributed by atoms with Crippen LogP contribution in [0.25, 0.3) is 0 Å². The fourth-order valence-electron chi connectivity index (χ4n) is 4.72. The van der Waals surface area contributed by atoms with Gasteiger partial charge >= 0.3 is 0 Å². The van der Waals surface area contributed by atoms with Crippen LogP contribution < -0.4 is 5.32 Å². The highest BCUT2D eigenvalue weighted by atomic mass is 16.2. The van der Waals surface area contributed by atoms with E-state index in [0.717, 1.165) is 38.5 Å². The second-order valence-electron chi connectivity index (χ2n) is 7.72. The van der Waals surface area contributed by atoms with E-state index < -0.39 is 0 Å². The molecule has 0 radical (unpaired) electrons. The average molecular weight is 358 g/mol. The standard InChI is InChI=1S/C19H26N4O3/c24-17(21-16-9-11-20-23(16)13-5-1-2-6-13)10-12-22-18(25)14-7-3-4-8-15(14)19(22)26/h9,11,13-15H,1-8,10,12H2,(H,21,24)/t14-,15-/m1/s1. The molecule has 0 unspecified atom stereocenters. The number of hydrogen-bond donors (Lipinski definition) is 1. The van der Waals surface area contributed by atoms with Gasteiger partial charge in [-0.15, -0.1) is 0 Å². The number of nitrogens with one attached hydrogen (secondary N) is 1. The zero-order valence-electron chi connectivity index (χ0n) is 15.0. The number of imide groups is 1. The smallest absolute Gasteiger partial charge is 0.233 e. The Morgan fingerprint density at radius 1 is 1.04 bits per heavy atom. The number of carbonyl (C=O) groups is 3. The van der Waals surface area contributed by atoms with Crippen molar-refractivity contribution in [3.8, 4) is 0 Å². The van der Waals surface area contributed by atoms with Crippen molar-refractivity contribution in [2.75, 3.05) is 11.9 Å². The Morgan fingerprint density at radius 3 is 2.31 bits per heavy atom. The fourth-order valence-corrected chi connectivity index (χ4v) is 4.72. The molecule has 140 valence electrons. The minimum atomic E-state index is -0.180. The van der Waals surface area contributed by atoms with Gasteiger partial charge in [0.2, 0.25) is 17.7 Å². The molecule has 1 aromatic heterocycles. The highest BCUT2D eigenvalue weighted by Gasteiger charge is 2.47. The first-order chi connectivity index (χ1) is 12.6. The lowest BCUT2D eigenvalue weighted by atomic mass is 9.81. The van der Waals surface area contributed by atoms with E-state index in [1.54, 1.807) is 12.3 Å². The summed E-state index contributed by atoms with van der Waals surface area (Å²) in [4.78, 5) is 38.6. The van der Waals surface area contributed by atoms with E-state index in [9.17, 15) is 14.4 Å². The summed E-state index contributed by atoms with van der Waals surface area (Å²) < 4.78 is 1.89. The van der Waals surface area contributed by atoms with Crippen LogP contribution in [0.5, 0.6) is 0 Å². The quantitative estimate of drug-likeness (QED) is 0.820. The Labute approximate surface area is 153 Å². The third-order valence-corrected chi connectivity index (χ3v) is 6.10. The van der Waals surface area contributed by atoms with Crippen LogP contribution in [0.3, 0.4) is 0 Å². The molecule has 3 fully saturated rings. The van der Waals surface area contributed by atoms with Gasteiger partial charge in [0.15, 0.2) is 0 Å². The summed E-state index contributed by atoms with van der Waals surface area (Å²) in [6.45, 7) is 0.175. The molecule has 2 aliphatic carbocycles. The van der Waals surface area contributed by atoms with Crippen LogP contribution in [0.1, 0.15) is 63.8 Å². The summed E-state index contributed by atoms with van der Waals surface area (Å²) in [5, 5.41) is 7.24. The molecule has 2 heterocycles. The number of likely N-dealkylation sites (tertiary alicyclic amines) is 1. The van der Waals surface area contributed by atoms with Gasteiger partial charge in [-0.25, -0.2) is 4.68 Å². The third kappa shape index (κ3) is 3.15. The molecule has 3 aliphatic rings. The summed E-state index contributed by atoms with van der Waals surface area (Å²) in [7, 11) is 0. The van der Waals surface area contributed by atoms with E-state index in [1.807, 2.05) is 4.68 Å². The summed E-state index contributed by atoms with van der Waals surface area (Å²) >= 11 is 0. The summed E-state index contributed by atoms with van der Waals surface area (Å²) in [5.41, 5.74) is 0. The highest BCUT2D eigenvalue weighted by molar-refractivity contribution is 6.05. The number of carbonyl (C=O) groups excluding carboxylic acids is 3. The van der Waals surface area contributed by atoms with Gasteiger partial charge in [0.1, 0.15) is 5.82 Å². The first-order valence-corrected chi connectivity index (χ1v) is 9.84. The predicted octanol–water partition coefficient (Wildman–Crippen LogP) is 2.50. The van der Waals surface area contributed by atoms with Crippen molar-refractivity contribution in [2.24, 2.45) is 11.8 Å². The Balaban J connectivity index is 1.34. The number of hydrogen-bond acceptors (Lipinski definition) is 4. The zero-order valence-corrected chi connectivity index (χ0v) is 15.0. The van der Waals surface area contributed by atoms with E-state index in [4.69, 9.17) is 0 Å². The Bertz CT molecular complexity index is 683. The van der Waals surface area contributed by atoms with Crippen molar-refractivity contribution < 1.29 is 14.4 Å². The number of aromatic nitrogens is 2. The second kappa shape index (κ2) is 7.21. The topological polar surface area (TPSA) is 84.3 Å². The third-order valence-electron chi connectivity index (χ3n) is 6.10. The molecule has 0 bridgehead atoms. The number of amides is 3. The molecule has 1 saturated heterocycles. The van der Waals surface area contributed by atoms with Crippen molar-refractivity contribution >= 4 is 23.5 Å². The molecule has 7 heteroatoms. The fraction of sp³-hybridized carbons (Fsp3) is 0.684. The number of rotatable bonds is 5. The van der Waals surface area contributed by atoms with Crippen LogP contribution in [0, 0.1) is 11.8 Å². The van der Waals surface area contributed by atoms with Crippen LogP contribution in [0.4, 0.5) is 5.82 Å². The minimum Gasteiger partial charge on any atom is -0.311 e. The number of fused-ring (bicyclic) bond motifs is 1. The lowest BCUT2D eigenvalue weighted by molar-refractivity contribution is -0.140. The zero-order chi connectivity index (χ0) is 18.1. The van der Waals surface area contributed by atoms with Gasteiger partial charge < -0.3 is 5.32 Å². The van der Waals surface area contributed by atoms with Crippen molar-refractivity contribution in [3.05, 3.63) is 12.3 Å².